The number of hydrogen-bond acceptors (Lipinski definition) is 3. The van der Waals surface area contributed by atoms with Gasteiger partial charge < -0.3 is 4.74 Å². The van der Waals surface area contributed by atoms with Crippen molar-refractivity contribution >= 4 is 0 Å². The molecule has 6 rings (SSSR count). The van der Waals surface area contributed by atoms with Crippen LogP contribution in [0.4, 0.5) is 0 Å². The van der Waals surface area contributed by atoms with Crippen molar-refractivity contribution in [1.82, 2.24) is 13.9 Å². The number of benzene rings is 1. The zero-order valence-corrected chi connectivity index (χ0v) is 10.2. The SMILES string of the molecule is Cn1c(=O)n2n(c1=O)C1c3ccccc3C2C2OC21. The molecule has 3 aliphatic heterocycles. The lowest BCUT2D eigenvalue weighted by atomic mass is 9.82. The van der Waals surface area contributed by atoms with E-state index in [0.717, 1.165) is 11.1 Å². The second-order valence-electron chi connectivity index (χ2n) is 5.40. The quantitative estimate of drug-likeness (QED) is 0.604. The molecule has 1 aromatic heterocycles. The fraction of sp³-hybridized carbons (Fsp3) is 0.385. The minimum atomic E-state index is -0.261. The molecule has 6 nitrogen and oxygen atoms in total. The van der Waals surface area contributed by atoms with Gasteiger partial charge in [0.1, 0.15) is 24.3 Å². The first-order valence-electron chi connectivity index (χ1n) is 6.34. The van der Waals surface area contributed by atoms with E-state index in [4.69, 9.17) is 4.74 Å². The highest BCUT2D eigenvalue weighted by Crippen LogP contribution is 2.54. The maximum Gasteiger partial charge on any atom is 0.347 e. The van der Waals surface area contributed by atoms with E-state index in [1.165, 1.54) is 11.6 Å². The number of aromatic nitrogens is 3. The standard InChI is InChI=1S/C13H11N3O3/c1-14-12(17)15-8-6-4-2-3-5-7(6)9(11-10(8)19-11)16(15)13(14)18/h2-5,8-11H,1H3. The first-order valence-corrected chi connectivity index (χ1v) is 6.34. The smallest absolute Gasteiger partial charge is 0.347 e. The van der Waals surface area contributed by atoms with Crippen LogP contribution in [-0.2, 0) is 11.8 Å². The van der Waals surface area contributed by atoms with Crippen LogP contribution in [0.3, 0.4) is 0 Å². The van der Waals surface area contributed by atoms with Gasteiger partial charge in [-0.1, -0.05) is 24.3 Å². The van der Waals surface area contributed by atoms with E-state index in [1.54, 1.807) is 9.36 Å². The Morgan fingerprint density at radius 2 is 1.42 bits per heavy atom. The molecule has 4 aliphatic rings. The molecule has 4 unspecified atom stereocenters. The Hall–Kier alpha value is -2.08. The van der Waals surface area contributed by atoms with Crippen LogP contribution in [0.2, 0.25) is 0 Å². The van der Waals surface area contributed by atoms with Gasteiger partial charge in [0.25, 0.3) is 0 Å². The molecule has 1 fully saturated rings. The van der Waals surface area contributed by atoms with E-state index in [2.05, 4.69) is 0 Å². The van der Waals surface area contributed by atoms with Crippen molar-refractivity contribution in [3.8, 4) is 0 Å². The van der Waals surface area contributed by atoms with Gasteiger partial charge in [0.2, 0.25) is 0 Å². The molecule has 6 heteroatoms. The summed E-state index contributed by atoms with van der Waals surface area (Å²) in [5.74, 6) is 0. The fourth-order valence-corrected chi connectivity index (χ4v) is 3.67. The summed E-state index contributed by atoms with van der Waals surface area (Å²) < 4.78 is 10.0. The summed E-state index contributed by atoms with van der Waals surface area (Å²) in [6.07, 6.45) is 0.0822. The van der Waals surface area contributed by atoms with Crippen molar-refractivity contribution in [2.45, 2.75) is 24.3 Å². The lowest BCUT2D eigenvalue weighted by Crippen LogP contribution is -2.47. The van der Waals surface area contributed by atoms with Gasteiger partial charge in [0.05, 0.1) is 0 Å². The van der Waals surface area contributed by atoms with Crippen LogP contribution in [0.25, 0.3) is 0 Å². The molecule has 4 heterocycles. The molecular formula is C13H11N3O3. The molecule has 1 saturated heterocycles. The van der Waals surface area contributed by atoms with Crippen molar-refractivity contribution in [3.05, 3.63) is 56.4 Å². The summed E-state index contributed by atoms with van der Waals surface area (Å²) in [6.45, 7) is 0. The van der Waals surface area contributed by atoms with Gasteiger partial charge in [-0.2, -0.15) is 0 Å². The summed E-state index contributed by atoms with van der Waals surface area (Å²) in [5, 5.41) is 0. The molecular weight excluding hydrogens is 246 g/mol. The van der Waals surface area contributed by atoms with E-state index in [1.807, 2.05) is 24.3 Å². The van der Waals surface area contributed by atoms with Crippen LogP contribution < -0.4 is 11.4 Å². The van der Waals surface area contributed by atoms with Gasteiger partial charge in [0, 0.05) is 7.05 Å². The molecule has 1 aliphatic carbocycles. The summed E-state index contributed by atoms with van der Waals surface area (Å²) in [4.78, 5) is 24.5. The zero-order valence-electron chi connectivity index (χ0n) is 10.2. The fourth-order valence-electron chi connectivity index (χ4n) is 3.67. The number of hydrogen-bond donors (Lipinski definition) is 0. The number of nitrogens with zero attached hydrogens (tertiary/aromatic N) is 3. The molecule has 96 valence electrons. The minimum absolute atomic E-state index is 0.0411. The van der Waals surface area contributed by atoms with Crippen molar-refractivity contribution in [3.63, 3.8) is 0 Å². The average Bonchev–Trinajstić information content (AvgIpc) is 3.21. The maximum atomic E-state index is 12.2. The van der Waals surface area contributed by atoms with E-state index >= 15 is 0 Å². The van der Waals surface area contributed by atoms with Gasteiger partial charge in [-0.15, -0.1) is 0 Å². The molecule has 0 spiro atoms. The van der Waals surface area contributed by atoms with Crippen molar-refractivity contribution < 1.29 is 4.74 Å². The van der Waals surface area contributed by atoms with Crippen molar-refractivity contribution in [2.24, 2.45) is 7.05 Å². The largest absolute Gasteiger partial charge is 0.364 e. The zero-order chi connectivity index (χ0) is 12.9. The van der Waals surface area contributed by atoms with Crippen LogP contribution in [0, 0.1) is 0 Å². The maximum absolute atomic E-state index is 12.2. The Morgan fingerprint density at radius 1 is 0.947 bits per heavy atom. The molecule has 0 amide bonds. The Morgan fingerprint density at radius 3 is 1.89 bits per heavy atom. The first kappa shape index (κ1) is 9.80. The average molecular weight is 257 g/mol. The predicted molar refractivity (Wildman–Crippen MR) is 65.3 cm³/mol. The topological polar surface area (TPSA) is 61.5 Å². The molecule has 2 aromatic rings. The number of rotatable bonds is 0. The molecule has 0 N–H and O–H groups in total. The Balaban J connectivity index is 1.96. The van der Waals surface area contributed by atoms with Crippen molar-refractivity contribution in [1.29, 1.82) is 0 Å². The van der Waals surface area contributed by atoms with Gasteiger partial charge in [-0.3, -0.25) is 0 Å². The summed E-state index contributed by atoms with van der Waals surface area (Å²) in [7, 11) is 1.53. The third-order valence-corrected chi connectivity index (χ3v) is 4.54. The van der Waals surface area contributed by atoms with Crippen LogP contribution in [0.1, 0.15) is 23.2 Å². The Labute approximate surface area is 107 Å². The summed E-state index contributed by atoms with van der Waals surface area (Å²) in [5.41, 5.74) is 1.70. The van der Waals surface area contributed by atoms with E-state index in [-0.39, 0.29) is 35.7 Å². The van der Waals surface area contributed by atoms with Gasteiger partial charge in [-0.05, 0) is 11.1 Å². The third-order valence-electron chi connectivity index (χ3n) is 4.54. The molecule has 2 bridgehead atoms. The van der Waals surface area contributed by atoms with Crippen molar-refractivity contribution in [2.75, 3.05) is 0 Å². The highest BCUT2D eigenvalue weighted by molar-refractivity contribution is 5.43. The Bertz CT molecular complexity index is 777. The minimum Gasteiger partial charge on any atom is -0.364 e. The summed E-state index contributed by atoms with van der Waals surface area (Å²) in [6, 6.07) is 7.66. The van der Waals surface area contributed by atoms with Crippen LogP contribution in [0.15, 0.2) is 33.9 Å². The normalized spacial score (nSPS) is 32.7. The van der Waals surface area contributed by atoms with Gasteiger partial charge in [-0.25, -0.2) is 23.5 Å². The van der Waals surface area contributed by atoms with Crippen LogP contribution >= 0.6 is 0 Å². The number of epoxide rings is 1. The molecule has 1 aromatic carbocycles. The van der Waals surface area contributed by atoms with Crippen LogP contribution in [0.5, 0.6) is 0 Å². The summed E-state index contributed by atoms with van der Waals surface area (Å²) >= 11 is 0. The van der Waals surface area contributed by atoms with Gasteiger partial charge in [0.15, 0.2) is 0 Å². The third kappa shape index (κ3) is 0.889. The lowest BCUT2D eigenvalue weighted by Gasteiger charge is -2.36. The lowest BCUT2D eigenvalue weighted by molar-refractivity contribution is 0.277. The molecule has 4 atom stereocenters. The molecule has 19 heavy (non-hydrogen) atoms. The first-order chi connectivity index (χ1) is 9.20. The molecule has 0 radical (unpaired) electrons. The van der Waals surface area contributed by atoms with E-state index < -0.39 is 0 Å². The second kappa shape index (κ2) is 2.75. The van der Waals surface area contributed by atoms with Crippen LogP contribution in [-0.4, -0.2) is 26.1 Å². The number of ether oxygens (including phenoxy) is 1. The highest BCUT2D eigenvalue weighted by Gasteiger charge is 2.62. The highest BCUT2D eigenvalue weighted by atomic mass is 16.6. The predicted octanol–water partition coefficient (Wildman–Crippen LogP) is -0.378. The molecule has 0 saturated carbocycles. The Kier molecular flexibility index (Phi) is 1.42. The monoisotopic (exact) mass is 257 g/mol. The van der Waals surface area contributed by atoms with Gasteiger partial charge >= 0.3 is 11.4 Å². The van der Waals surface area contributed by atoms with E-state index in [0.29, 0.717) is 0 Å². The van der Waals surface area contributed by atoms with E-state index in [9.17, 15) is 9.59 Å². The second-order valence-corrected chi connectivity index (χ2v) is 5.40.